The van der Waals surface area contributed by atoms with E-state index in [1.54, 1.807) is 0 Å². The number of nitrogens with zero attached hydrogens (tertiary/aromatic N) is 8. The summed E-state index contributed by atoms with van der Waals surface area (Å²) in [5, 5.41) is 0. The average Bonchev–Trinajstić information content (AvgIpc) is 3.94. The molecule has 0 bridgehead atoms. The fraction of sp³-hybridized carbons (Fsp3) is 0.0952. The van der Waals surface area contributed by atoms with Crippen molar-refractivity contribution in [3.05, 3.63) is 159 Å². The molecule has 0 saturated carbocycles. The van der Waals surface area contributed by atoms with Gasteiger partial charge in [-0.2, -0.15) is 9.13 Å². The van der Waals surface area contributed by atoms with Crippen LogP contribution in [0.25, 0.3) is 44.8 Å². The van der Waals surface area contributed by atoms with Gasteiger partial charge in [-0.05, 0) is 48.5 Å². The van der Waals surface area contributed by atoms with Gasteiger partial charge >= 0.3 is 0 Å². The molecule has 0 aliphatic carbocycles. The van der Waals surface area contributed by atoms with Gasteiger partial charge in [0.05, 0.1) is 28.2 Å². The van der Waals surface area contributed by atoms with E-state index in [4.69, 9.17) is 9.47 Å². The number of hydrogen-bond donors (Lipinski definition) is 0. The van der Waals surface area contributed by atoms with Gasteiger partial charge in [0.1, 0.15) is 70.5 Å². The lowest BCUT2D eigenvalue weighted by Crippen LogP contribution is -2.27. The predicted molar refractivity (Wildman–Crippen MR) is 196 cm³/mol. The normalized spacial score (nSPS) is 11.5. The van der Waals surface area contributed by atoms with E-state index in [2.05, 4.69) is 103 Å². The molecule has 52 heavy (non-hydrogen) atoms. The first kappa shape index (κ1) is 31.1. The summed E-state index contributed by atoms with van der Waals surface area (Å²) < 4.78 is 29.7. The largest absolute Gasteiger partial charge is 0.457 e. The van der Waals surface area contributed by atoms with Gasteiger partial charge in [-0.1, -0.05) is 24.3 Å². The summed E-state index contributed by atoms with van der Waals surface area (Å²) in [5.74, 6) is 3.07. The lowest BCUT2D eigenvalue weighted by molar-refractivity contribution is -0.670. The van der Waals surface area contributed by atoms with Crippen molar-refractivity contribution in [2.24, 2.45) is 28.2 Å². The zero-order valence-corrected chi connectivity index (χ0v) is 29.4. The number of imidazole rings is 4. The summed E-state index contributed by atoms with van der Waals surface area (Å²) in [6.45, 7) is 0. The van der Waals surface area contributed by atoms with E-state index in [9.17, 15) is 0 Å². The second-order valence-electron chi connectivity index (χ2n) is 13.2. The quantitative estimate of drug-likeness (QED) is 0.183. The SMILES string of the molecule is C[n+]1ccn(-c2cccc(Oc3cccc(-n4c[n+](C)c5cc6c(cc54)n(-c4cccc(Oc5cccc(-n7cc[n+](C)c7)c5)c4)c[n+]6C)c3)c2)c1. The van der Waals surface area contributed by atoms with Gasteiger partial charge in [-0.3, -0.25) is 0 Å². The fourth-order valence-electron chi connectivity index (χ4n) is 6.80. The minimum absolute atomic E-state index is 0.762. The molecule has 0 unspecified atom stereocenters. The molecule has 10 nitrogen and oxygen atoms in total. The van der Waals surface area contributed by atoms with E-state index in [0.717, 1.165) is 67.8 Å². The Hall–Kier alpha value is -6.94. The number of ether oxygens (including phenoxy) is 2. The second-order valence-corrected chi connectivity index (χ2v) is 13.2. The monoisotopic (exact) mass is 686 g/mol. The molecule has 9 rings (SSSR count). The van der Waals surface area contributed by atoms with E-state index in [1.807, 2.05) is 121 Å². The molecule has 4 aromatic heterocycles. The van der Waals surface area contributed by atoms with Crippen LogP contribution in [0, 0.1) is 0 Å². The predicted octanol–water partition coefficient (Wildman–Crippen LogP) is 6.04. The summed E-state index contributed by atoms with van der Waals surface area (Å²) in [4.78, 5) is 0. The van der Waals surface area contributed by atoms with Crippen LogP contribution in [-0.2, 0) is 28.2 Å². The third-order valence-corrected chi connectivity index (χ3v) is 9.36. The van der Waals surface area contributed by atoms with E-state index in [1.165, 1.54) is 0 Å². The van der Waals surface area contributed by atoms with Gasteiger partial charge in [0.15, 0.2) is 22.1 Å². The first-order chi connectivity index (χ1) is 25.3. The maximum absolute atomic E-state index is 6.40. The van der Waals surface area contributed by atoms with E-state index in [0.29, 0.717) is 0 Å². The van der Waals surface area contributed by atoms with E-state index < -0.39 is 0 Å². The second kappa shape index (κ2) is 12.4. The number of aromatic nitrogens is 8. The minimum atomic E-state index is 0.762. The van der Waals surface area contributed by atoms with Crippen molar-refractivity contribution < 1.29 is 27.7 Å². The highest BCUT2D eigenvalue weighted by atomic mass is 16.5. The molecule has 0 radical (unpaired) electrons. The Morgan fingerprint density at radius 2 is 0.808 bits per heavy atom. The van der Waals surface area contributed by atoms with Crippen LogP contribution in [0.4, 0.5) is 0 Å². The molecular formula is C42H38N8O2+4. The highest BCUT2D eigenvalue weighted by molar-refractivity contribution is 5.90. The summed E-state index contributed by atoms with van der Waals surface area (Å²) in [6.07, 6.45) is 16.4. The van der Waals surface area contributed by atoms with Crippen LogP contribution < -0.4 is 27.7 Å². The molecule has 0 aliphatic rings. The summed E-state index contributed by atoms with van der Waals surface area (Å²) in [5.41, 5.74) is 8.47. The van der Waals surface area contributed by atoms with Crippen molar-refractivity contribution in [3.63, 3.8) is 0 Å². The molecule has 0 atom stereocenters. The maximum Gasteiger partial charge on any atom is 0.249 e. The van der Waals surface area contributed by atoms with Crippen molar-refractivity contribution >= 4 is 22.1 Å². The lowest BCUT2D eigenvalue weighted by atomic mass is 10.2. The Kier molecular flexibility index (Phi) is 7.43. The highest BCUT2D eigenvalue weighted by Gasteiger charge is 2.24. The number of rotatable bonds is 8. The van der Waals surface area contributed by atoms with Gasteiger partial charge in [-0.15, -0.1) is 0 Å². The van der Waals surface area contributed by atoms with Gasteiger partial charge in [-0.25, -0.2) is 27.4 Å². The first-order valence-corrected chi connectivity index (χ1v) is 17.1. The van der Waals surface area contributed by atoms with Crippen LogP contribution in [0.5, 0.6) is 23.0 Å². The maximum atomic E-state index is 6.40. The van der Waals surface area contributed by atoms with Gasteiger partial charge in [0.2, 0.25) is 25.3 Å². The molecule has 9 aromatic rings. The topological polar surface area (TPSA) is 53.7 Å². The molecule has 10 heteroatoms. The molecule has 0 spiro atoms. The van der Waals surface area contributed by atoms with Gasteiger partial charge < -0.3 is 9.47 Å². The van der Waals surface area contributed by atoms with Crippen LogP contribution >= 0.6 is 0 Å². The molecule has 4 heterocycles. The Morgan fingerprint density at radius 3 is 1.19 bits per heavy atom. The number of fused-ring (bicyclic) bond motifs is 2. The Labute approximate surface area is 300 Å². The first-order valence-electron chi connectivity index (χ1n) is 17.1. The van der Waals surface area contributed by atoms with Crippen LogP contribution in [-0.4, -0.2) is 18.3 Å². The smallest absolute Gasteiger partial charge is 0.249 e. The summed E-state index contributed by atoms with van der Waals surface area (Å²) >= 11 is 0. The molecule has 0 saturated heterocycles. The van der Waals surface area contributed by atoms with Crippen LogP contribution in [0.15, 0.2) is 159 Å². The molecule has 5 aromatic carbocycles. The third kappa shape index (κ3) is 5.75. The van der Waals surface area contributed by atoms with Crippen LogP contribution in [0.2, 0.25) is 0 Å². The van der Waals surface area contributed by atoms with E-state index in [-0.39, 0.29) is 0 Å². The standard InChI is InChI=1S/C42H38N8O2/c1-43-17-19-47(27-43)31-9-5-13-35(21-31)51-37-15-7-11-33(23-37)49-29-45(3)39-25-40-42(26-41(39)49)50(30-46(40)4)34-12-8-16-38(24-34)52-36-14-6-10-32(22-36)48-20-18-44(2)28-48/h5-30H,1-4H3/q+4. The fourth-order valence-corrected chi connectivity index (χ4v) is 6.80. The van der Waals surface area contributed by atoms with Crippen LogP contribution in [0.1, 0.15) is 0 Å². The Balaban J connectivity index is 1.05. The van der Waals surface area contributed by atoms with Crippen molar-refractivity contribution in [1.82, 2.24) is 18.3 Å². The third-order valence-electron chi connectivity index (χ3n) is 9.36. The van der Waals surface area contributed by atoms with Crippen molar-refractivity contribution in [2.75, 3.05) is 0 Å². The molecule has 0 fully saturated rings. The Morgan fingerprint density at radius 1 is 0.423 bits per heavy atom. The molecule has 0 aliphatic heterocycles. The van der Waals surface area contributed by atoms with Crippen molar-refractivity contribution in [2.45, 2.75) is 0 Å². The molecular weight excluding hydrogens is 649 g/mol. The average molecular weight is 687 g/mol. The molecule has 254 valence electrons. The number of benzene rings is 5. The van der Waals surface area contributed by atoms with Crippen molar-refractivity contribution in [3.8, 4) is 45.7 Å². The minimum Gasteiger partial charge on any atom is -0.457 e. The molecule has 0 amide bonds. The highest BCUT2D eigenvalue weighted by Crippen LogP contribution is 2.30. The number of aryl methyl sites for hydroxylation is 4. The summed E-state index contributed by atoms with van der Waals surface area (Å²) in [6, 6.07) is 37.2. The summed E-state index contributed by atoms with van der Waals surface area (Å²) in [7, 11) is 8.19. The molecule has 0 N–H and O–H groups in total. The van der Waals surface area contributed by atoms with Crippen molar-refractivity contribution in [1.29, 1.82) is 0 Å². The van der Waals surface area contributed by atoms with Gasteiger partial charge in [0, 0.05) is 36.4 Å². The zero-order valence-electron chi connectivity index (χ0n) is 29.4. The number of hydrogen-bond acceptors (Lipinski definition) is 2. The van der Waals surface area contributed by atoms with Gasteiger partial charge in [0.25, 0.3) is 0 Å². The van der Waals surface area contributed by atoms with Crippen LogP contribution in [0.3, 0.4) is 0 Å². The zero-order chi connectivity index (χ0) is 35.3. The lowest BCUT2D eigenvalue weighted by Gasteiger charge is -2.08. The van der Waals surface area contributed by atoms with E-state index >= 15 is 0 Å². The Bertz CT molecular complexity index is 2580.